The molecule has 23 heavy (non-hydrogen) atoms. The van der Waals surface area contributed by atoms with E-state index in [9.17, 15) is 0 Å². The first-order chi connectivity index (χ1) is 11.4. The van der Waals surface area contributed by atoms with Crippen LogP contribution < -0.4 is 0 Å². The zero-order chi connectivity index (χ0) is 15.5. The minimum absolute atomic E-state index is 0.864. The first-order valence-electron chi connectivity index (χ1n) is 9.51. The molecule has 0 radical (unpaired) electrons. The molecule has 3 heteroatoms. The summed E-state index contributed by atoms with van der Waals surface area (Å²) in [6.45, 7) is 4.00. The highest BCUT2D eigenvalue weighted by molar-refractivity contribution is 5.47. The second kappa shape index (κ2) is 7.04. The zero-order valence-corrected chi connectivity index (χ0v) is 14.2. The summed E-state index contributed by atoms with van der Waals surface area (Å²) in [6, 6.07) is 6.64. The lowest BCUT2D eigenvalue weighted by Crippen LogP contribution is -2.38. The van der Waals surface area contributed by atoms with Gasteiger partial charge in [0, 0.05) is 18.9 Å². The molecule has 3 heterocycles. The van der Waals surface area contributed by atoms with E-state index in [1.807, 2.05) is 10.7 Å². The molecule has 1 aliphatic carbocycles. The van der Waals surface area contributed by atoms with E-state index in [4.69, 9.17) is 0 Å². The predicted molar refractivity (Wildman–Crippen MR) is 94.6 cm³/mol. The Morgan fingerprint density at radius 1 is 0.957 bits per heavy atom. The van der Waals surface area contributed by atoms with Gasteiger partial charge in [-0.3, -0.25) is 0 Å². The summed E-state index contributed by atoms with van der Waals surface area (Å²) in [5, 5.41) is 4.28. The number of likely N-dealkylation sites (tertiary alicyclic amines) is 1. The molecule has 1 saturated heterocycles. The largest absolute Gasteiger partial charge is 0.303 e. The highest BCUT2D eigenvalue weighted by Gasteiger charge is 2.22. The minimum atomic E-state index is 0.864. The third-order valence-electron chi connectivity index (χ3n) is 5.94. The van der Waals surface area contributed by atoms with Crippen LogP contribution in [0, 0.1) is 11.8 Å². The number of rotatable bonds is 4. The number of aromatic nitrogens is 2. The van der Waals surface area contributed by atoms with Crippen LogP contribution in [0.2, 0.25) is 0 Å². The fourth-order valence-corrected chi connectivity index (χ4v) is 4.54. The van der Waals surface area contributed by atoms with Gasteiger partial charge in [0.05, 0.1) is 5.52 Å². The SMILES string of the molecule is c1cc2cc(CC3CCN(CC4CCCCC4)CC3)ccn2n1. The monoisotopic (exact) mass is 311 g/mol. The van der Waals surface area contributed by atoms with Gasteiger partial charge in [-0.05, 0) is 80.8 Å². The second-order valence-electron chi connectivity index (χ2n) is 7.69. The molecule has 0 aromatic carbocycles. The van der Waals surface area contributed by atoms with E-state index in [2.05, 4.69) is 34.4 Å². The van der Waals surface area contributed by atoms with Crippen molar-refractivity contribution in [3.63, 3.8) is 0 Å². The van der Waals surface area contributed by atoms with Gasteiger partial charge in [0.15, 0.2) is 0 Å². The Bertz CT molecular complexity index is 619. The Balaban J connectivity index is 1.27. The molecule has 2 fully saturated rings. The molecule has 2 aromatic heterocycles. The van der Waals surface area contributed by atoms with Crippen LogP contribution in [0.3, 0.4) is 0 Å². The molecule has 2 aliphatic rings. The summed E-state index contributed by atoms with van der Waals surface area (Å²) < 4.78 is 1.95. The lowest BCUT2D eigenvalue weighted by molar-refractivity contribution is 0.145. The van der Waals surface area contributed by atoms with Crippen LogP contribution in [-0.2, 0) is 6.42 Å². The van der Waals surface area contributed by atoms with E-state index in [1.165, 1.54) is 82.1 Å². The van der Waals surface area contributed by atoms with Gasteiger partial charge in [-0.15, -0.1) is 0 Å². The van der Waals surface area contributed by atoms with Crippen molar-refractivity contribution >= 4 is 5.52 Å². The molecule has 124 valence electrons. The molecule has 0 N–H and O–H groups in total. The first kappa shape index (κ1) is 15.2. The second-order valence-corrected chi connectivity index (χ2v) is 7.69. The topological polar surface area (TPSA) is 20.5 Å². The van der Waals surface area contributed by atoms with Gasteiger partial charge >= 0.3 is 0 Å². The van der Waals surface area contributed by atoms with Crippen molar-refractivity contribution < 1.29 is 0 Å². The Kier molecular flexibility index (Phi) is 4.65. The molecule has 0 atom stereocenters. The van der Waals surface area contributed by atoms with E-state index in [1.54, 1.807) is 0 Å². The summed E-state index contributed by atoms with van der Waals surface area (Å²) in [7, 11) is 0. The number of pyridine rings is 1. The van der Waals surface area contributed by atoms with Gasteiger partial charge in [-0.25, -0.2) is 4.52 Å². The molecule has 0 amide bonds. The van der Waals surface area contributed by atoms with Crippen LogP contribution >= 0.6 is 0 Å². The first-order valence-corrected chi connectivity index (χ1v) is 9.51. The maximum absolute atomic E-state index is 4.28. The lowest BCUT2D eigenvalue weighted by Gasteiger charge is -2.35. The Morgan fingerprint density at radius 2 is 1.78 bits per heavy atom. The van der Waals surface area contributed by atoms with E-state index >= 15 is 0 Å². The standard InChI is InChI=1S/C20H29N3/c1-2-4-18(5-3-1)16-22-11-7-17(8-12-22)14-19-9-13-23-20(15-19)6-10-21-23/h6,9-10,13,15,17-18H,1-5,7-8,11-12,14,16H2. The van der Waals surface area contributed by atoms with Gasteiger partial charge in [0.2, 0.25) is 0 Å². The number of fused-ring (bicyclic) bond motifs is 1. The summed E-state index contributed by atoms with van der Waals surface area (Å²) in [4.78, 5) is 2.74. The number of nitrogens with zero attached hydrogens (tertiary/aromatic N) is 3. The van der Waals surface area contributed by atoms with E-state index in [0.29, 0.717) is 0 Å². The van der Waals surface area contributed by atoms with Crippen LogP contribution in [0.5, 0.6) is 0 Å². The van der Waals surface area contributed by atoms with E-state index < -0.39 is 0 Å². The molecular weight excluding hydrogens is 282 g/mol. The van der Waals surface area contributed by atoms with E-state index in [-0.39, 0.29) is 0 Å². The third-order valence-corrected chi connectivity index (χ3v) is 5.94. The summed E-state index contributed by atoms with van der Waals surface area (Å²) in [5.74, 6) is 1.85. The van der Waals surface area contributed by atoms with Crippen LogP contribution in [0.4, 0.5) is 0 Å². The van der Waals surface area contributed by atoms with Crippen molar-refractivity contribution in [2.45, 2.75) is 51.4 Å². The van der Waals surface area contributed by atoms with Gasteiger partial charge < -0.3 is 4.90 Å². The van der Waals surface area contributed by atoms with Crippen molar-refractivity contribution in [1.82, 2.24) is 14.5 Å². The third kappa shape index (κ3) is 3.77. The number of hydrogen-bond acceptors (Lipinski definition) is 2. The highest BCUT2D eigenvalue weighted by Crippen LogP contribution is 2.27. The van der Waals surface area contributed by atoms with Crippen molar-refractivity contribution in [2.24, 2.45) is 11.8 Å². The average Bonchev–Trinajstić information content (AvgIpc) is 3.05. The van der Waals surface area contributed by atoms with Crippen molar-refractivity contribution in [3.05, 3.63) is 36.2 Å². The lowest BCUT2D eigenvalue weighted by atomic mass is 9.87. The molecular formula is C20H29N3. The van der Waals surface area contributed by atoms with Gasteiger partial charge in [-0.2, -0.15) is 5.10 Å². The average molecular weight is 311 g/mol. The quantitative estimate of drug-likeness (QED) is 0.845. The fraction of sp³-hybridized carbons (Fsp3) is 0.650. The molecule has 4 rings (SSSR count). The summed E-state index contributed by atoms with van der Waals surface area (Å²) >= 11 is 0. The summed E-state index contributed by atoms with van der Waals surface area (Å²) in [6.07, 6.45) is 15.3. The summed E-state index contributed by atoms with van der Waals surface area (Å²) in [5.41, 5.74) is 2.70. The zero-order valence-electron chi connectivity index (χ0n) is 14.2. The molecule has 1 aliphatic heterocycles. The fourth-order valence-electron chi connectivity index (χ4n) is 4.54. The van der Waals surface area contributed by atoms with Gasteiger partial charge in [-0.1, -0.05) is 19.3 Å². The van der Waals surface area contributed by atoms with Crippen molar-refractivity contribution in [1.29, 1.82) is 0 Å². The molecule has 1 saturated carbocycles. The highest BCUT2D eigenvalue weighted by atomic mass is 15.2. The number of piperidine rings is 1. The van der Waals surface area contributed by atoms with Crippen LogP contribution in [0.25, 0.3) is 5.52 Å². The smallest absolute Gasteiger partial charge is 0.0664 e. The van der Waals surface area contributed by atoms with Crippen molar-refractivity contribution in [3.8, 4) is 0 Å². The maximum atomic E-state index is 4.28. The van der Waals surface area contributed by atoms with Gasteiger partial charge in [0.25, 0.3) is 0 Å². The van der Waals surface area contributed by atoms with Crippen LogP contribution in [-0.4, -0.2) is 34.1 Å². The Labute approximate surface area is 139 Å². The molecule has 0 bridgehead atoms. The molecule has 2 aromatic rings. The Hall–Kier alpha value is -1.35. The van der Waals surface area contributed by atoms with Crippen molar-refractivity contribution in [2.75, 3.05) is 19.6 Å². The van der Waals surface area contributed by atoms with Gasteiger partial charge in [0.1, 0.15) is 0 Å². The predicted octanol–water partition coefficient (Wildman–Crippen LogP) is 4.17. The molecule has 0 spiro atoms. The minimum Gasteiger partial charge on any atom is -0.303 e. The maximum Gasteiger partial charge on any atom is 0.0664 e. The number of hydrogen-bond donors (Lipinski definition) is 0. The van der Waals surface area contributed by atoms with Crippen LogP contribution in [0.15, 0.2) is 30.6 Å². The Morgan fingerprint density at radius 3 is 2.61 bits per heavy atom. The molecule has 3 nitrogen and oxygen atoms in total. The normalized spacial score (nSPS) is 21.9. The van der Waals surface area contributed by atoms with E-state index in [0.717, 1.165) is 11.8 Å². The van der Waals surface area contributed by atoms with Crippen LogP contribution in [0.1, 0.15) is 50.5 Å². The molecule has 0 unspecified atom stereocenters.